The minimum atomic E-state index is -0.667. The van der Waals surface area contributed by atoms with Crippen molar-refractivity contribution in [3.8, 4) is 23.0 Å². The van der Waals surface area contributed by atoms with E-state index in [0.717, 1.165) is 21.9 Å². The molecule has 2 aliphatic heterocycles. The van der Waals surface area contributed by atoms with Gasteiger partial charge < -0.3 is 9.47 Å². The van der Waals surface area contributed by atoms with Crippen LogP contribution in [-0.4, -0.2) is 39.3 Å². The lowest BCUT2D eigenvalue weighted by Crippen LogP contribution is -2.29. The lowest BCUT2D eigenvalue weighted by atomic mass is 10.0. The minimum absolute atomic E-state index is 0.0449. The first-order chi connectivity index (χ1) is 27.0. The number of carbonyl (C=O) groups is 5. The van der Waals surface area contributed by atoms with Crippen LogP contribution in [0.1, 0.15) is 57.4 Å². The van der Waals surface area contributed by atoms with Gasteiger partial charge in [0, 0.05) is 35.4 Å². The van der Waals surface area contributed by atoms with E-state index < -0.39 is 33.5 Å². The zero-order valence-corrected chi connectivity index (χ0v) is 28.5. The molecule has 15 nitrogen and oxygen atoms in total. The van der Waals surface area contributed by atoms with Crippen molar-refractivity contribution in [2.75, 3.05) is 9.80 Å². The van der Waals surface area contributed by atoms with Gasteiger partial charge in [-0.25, -0.2) is 9.80 Å². The second-order valence-corrected chi connectivity index (χ2v) is 12.4. The number of fused-ring (bicyclic) bond motifs is 2. The maximum atomic E-state index is 13.2. The van der Waals surface area contributed by atoms with Crippen LogP contribution in [0.4, 0.5) is 22.7 Å². The molecule has 0 N–H and O–H groups in total. The molecule has 56 heavy (non-hydrogen) atoms. The quantitative estimate of drug-likeness (QED) is 0.0571. The first-order valence-corrected chi connectivity index (χ1v) is 16.6. The molecule has 6 aromatic rings. The standard InChI is InChI=1S/C41H22N4O11/c46-37(23-1-11-29(12-2-23)55-31-15-5-25(6-16-31)42-38(47)33-19-9-27(44(51)52)21-35(33)40(42)49)24-3-13-30(14-4-24)56-32-17-7-26(8-18-32)43-39(48)34-20-10-28(45(53)54)22-36(34)41(43)50/h1-22H. The van der Waals surface area contributed by atoms with Gasteiger partial charge in [-0.15, -0.1) is 0 Å². The fourth-order valence-corrected chi connectivity index (χ4v) is 6.27. The number of ketones is 1. The monoisotopic (exact) mass is 746 g/mol. The third-order valence-corrected chi connectivity index (χ3v) is 9.06. The van der Waals surface area contributed by atoms with Gasteiger partial charge in [0.25, 0.3) is 35.0 Å². The molecular formula is C41H22N4O11. The number of carbonyl (C=O) groups excluding carboxylic acids is 5. The summed E-state index contributed by atoms with van der Waals surface area (Å²) in [6, 6.07) is 32.2. The maximum Gasteiger partial charge on any atom is 0.270 e. The van der Waals surface area contributed by atoms with Crippen molar-refractivity contribution < 1.29 is 43.3 Å². The SMILES string of the molecule is O=C(c1ccc(Oc2ccc(N3C(=O)c4ccc([N+](=O)[O-])cc4C3=O)cc2)cc1)c1ccc(Oc2ccc(N3C(=O)c4ccc([N+](=O)[O-])cc4C3=O)cc2)cc1. The Kier molecular flexibility index (Phi) is 8.42. The number of nitrogens with zero attached hydrogens (tertiary/aromatic N) is 4. The third kappa shape index (κ3) is 6.16. The molecule has 0 unspecified atom stereocenters. The molecule has 2 aliphatic rings. The van der Waals surface area contributed by atoms with E-state index >= 15 is 0 Å². The zero-order chi connectivity index (χ0) is 39.2. The van der Waals surface area contributed by atoms with Crippen LogP contribution in [0.15, 0.2) is 133 Å². The Morgan fingerprint density at radius 3 is 1.05 bits per heavy atom. The van der Waals surface area contributed by atoms with Gasteiger partial charge in [0.05, 0.1) is 43.5 Å². The highest BCUT2D eigenvalue weighted by Gasteiger charge is 2.39. The van der Waals surface area contributed by atoms with Crippen LogP contribution in [0.25, 0.3) is 0 Å². The number of benzene rings is 6. The normalized spacial score (nSPS) is 13.1. The van der Waals surface area contributed by atoms with E-state index in [-0.39, 0.29) is 50.8 Å². The van der Waals surface area contributed by atoms with Crippen molar-refractivity contribution in [3.05, 3.63) is 187 Å². The van der Waals surface area contributed by atoms with E-state index in [1.54, 1.807) is 72.8 Å². The summed E-state index contributed by atoms with van der Waals surface area (Å²) in [5, 5.41) is 22.3. The number of amides is 4. The molecule has 0 radical (unpaired) electrons. The van der Waals surface area contributed by atoms with Gasteiger partial charge in [0.2, 0.25) is 0 Å². The predicted octanol–water partition coefficient (Wildman–Crippen LogP) is 7.92. The lowest BCUT2D eigenvalue weighted by Gasteiger charge is -2.14. The van der Waals surface area contributed by atoms with Crippen LogP contribution < -0.4 is 19.3 Å². The van der Waals surface area contributed by atoms with Gasteiger partial charge in [-0.05, 0) is 109 Å². The molecule has 0 saturated heterocycles. The van der Waals surface area contributed by atoms with Crippen molar-refractivity contribution in [1.29, 1.82) is 0 Å². The van der Waals surface area contributed by atoms with E-state index in [0.29, 0.717) is 34.1 Å². The lowest BCUT2D eigenvalue weighted by molar-refractivity contribution is -0.385. The number of nitro groups is 2. The van der Waals surface area contributed by atoms with Crippen molar-refractivity contribution in [3.63, 3.8) is 0 Å². The van der Waals surface area contributed by atoms with E-state index in [2.05, 4.69) is 0 Å². The second kappa shape index (κ2) is 13.6. The first kappa shape index (κ1) is 34.7. The second-order valence-electron chi connectivity index (χ2n) is 12.4. The Labute approximate surface area is 314 Å². The first-order valence-electron chi connectivity index (χ1n) is 16.6. The van der Waals surface area contributed by atoms with Gasteiger partial charge in [-0.3, -0.25) is 44.2 Å². The number of non-ortho nitro benzene ring substituents is 2. The number of hydrogen-bond acceptors (Lipinski definition) is 11. The smallest absolute Gasteiger partial charge is 0.270 e. The highest BCUT2D eigenvalue weighted by Crippen LogP contribution is 2.34. The van der Waals surface area contributed by atoms with Crippen LogP contribution in [0.5, 0.6) is 23.0 Å². The van der Waals surface area contributed by atoms with Gasteiger partial charge in [0.1, 0.15) is 23.0 Å². The average Bonchev–Trinajstić information content (AvgIpc) is 3.61. The van der Waals surface area contributed by atoms with Crippen LogP contribution >= 0.6 is 0 Å². The molecule has 272 valence electrons. The van der Waals surface area contributed by atoms with Crippen LogP contribution in [-0.2, 0) is 0 Å². The van der Waals surface area contributed by atoms with Crippen molar-refractivity contribution in [2.24, 2.45) is 0 Å². The summed E-state index contributed by atoms with van der Waals surface area (Å²) in [5.41, 5.74) is 0.795. The number of anilines is 2. The number of ether oxygens (including phenoxy) is 2. The highest BCUT2D eigenvalue weighted by molar-refractivity contribution is 6.35. The molecule has 0 saturated carbocycles. The summed E-state index contributed by atoms with van der Waals surface area (Å²) in [7, 11) is 0. The van der Waals surface area contributed by atoms with Crippen LogP contribution in [0.2, 0.25) is 0 Å². The Morgan fingerprint density at radius 1 is 0.429 bits per heavy atom. The molecule has 0 aliphatic carbocycles. The molecule has 0 bridgehead atoms. The number of nitro benzene ring substituents is 2. The largest absolute Gasteiger partial charge is 0.457 e. The van der Waals surface area contributed by atoms with Crippen LogP contribution in [0.3, 0.4) is 0 Å². The Balaban J connectivity index is 0.874. The summed E-state index contributed by atoms with van der Waals surface area (Å²) in [4.78, 5) is 87.8. The number of rotatable bonds is 10. The minimum Gasteiger partial charge on any atom is -0.457 e. The van der Waals surface area contributed by atoms with Crippen LogP contribution in [0, 0.1) is 20.2 Å². The van der Waals surface area contributed by atoms with Crippen molar-refractivity contribution in [1.82, 2.24) is 0 Å². The third-order valence-electron chi connectivity index (χ3n) is 9.06. The molecule has 6 aromatic carbocycles. The van der Waals surface area contributed by atoms with Crippen molar-refractivity contribution in [2.45, 2.75) is 0 Å². The van der Waals surface area contributed by atoms with E-state index in [4.69, 9.17) is 9.47 Å². The van der Waals surface area contributed by atoms with Crippen molar-refractivity contribution >= 4 is 52.2 Å². The summed E-state index contributed by atoms with van der Waals surface area (Å²) >= 11 is 0. The molecule has 15 heteroatoms. The summed E-state index contributed by atoms with van der Waals surface area (Å²) < 4.78 is 11.8. The van der Waals surface area contributed by atoms with E-state index in [1.807, 2.05) is 0 Å². The maximum absolute atomic E-state index is 13.2. The van der Waals surface area contributed by atoms with Gasteiger partial charge >= 0.3 is 0 Å². The van der Waals surface area contributed by atoms with Gasteiger partial charge in [-0.2, -0.15) is 0 Å². The fraction of sp³-hybridized carbons (Fsp3) is 0. The molecule has 0 atom stereocenters. The summed E-state index contributed by atoms with van der Waals surface area (Å²) in [6.45, 7) is 0. The summed E-state index contributed by atoms with van der Waals surface area (Å²) in [5.74, 6) is -1.15. The molecular weight excluding hydrogens is 724 g/mol. The van der Waals surface area contributed by atoms with E-state index in [9.17, 15) is 44.2 Å². The molecule has 2 heterocycles. The molecule has 8 rings (SSSR count). The topological polar surface area (TPSA) is 197 Å². The molecule has 4 amide bonds. The van der Waals surface area contributed by atoms with E-state index in [1.165, 1.54) is 48.5 Å². The van der Waals surface area contributed by atoms with Gasteiger partial charge in [0.15, 0.2) is 5.78 Å². The summed E-state index contributed by atoms with van der Waals surface area (Å²) in [6.07, 6.45) is 0. The Morgan fingerprint density at radius 2 is 0.732 bits per heavy atom. The molecule has 0 aromatic heterocycles. The number of imide groups is 2. The fourth-order valence-electron chi connectivity index (χ4n) is 6.27. The Bertz CT molecular complexity index is 2490. The predicted molar refractivity (Wildman–Crippen MR) is 198 cm³/mol. The molecule has 0 fully saturated rings. The molecule has 0 spiro atoms. The Hall–Kier alpha value is -8.33. The van der Waals surface area contributed by atoms with Gasteiger partial charge in [-0.1, -0.05) is 0 Å². The number of hydrogen-bond donors (Lipinski definition) is 0. The average molecular weight is 747 g/mol. The highest BCUT2D eigenvalue weighted by atomic mass is 16.6. The zero-order valence-electron chi connectivity index (χ0n) is 28.5.